The van der Waals surface area contributed by atoms with Crippen molar-refractivity contribution in [3.8, 4) is 16.9 Å². The average Bonchev–Trinajstić information content (AvgIpc) is 3.22. The van der Waals surface area contributed by atoms with Crippen molar-refractivity contribution in [2.45, 2.75) is 19.3 Å². The molecule has 19 heavy (non-hydrogen) atoms. The Kier molecular flexibility index (Phi) is 2.97. The van der Waals surface area contributed by atoms with Gasteiger partial charge in [-0.3, -0.25) is 0 Å². The molecule has 1 nitrogen and oxygen atoms in total. The van der Waals surface area contributed by atoms with Crippen LogP contribution in [0.15, 0.2) is 36.4 Å². The van der Waals surface area contributed by atoms with Crippen molar-refractivity contribution in [3.05, 3.63) is 53.6 Å². The Labute approximate surface area is 110 Å². The summed E-state index contributed by atoms with van der Waals surface area (Å²) in [5.74, 6) is -2.06. The summed E-state index contributed by atoms with van der Waals surface area (Å²) in [5, 5.41) is 9.11. The van der Waals surface area contributed by atoms with E-state index in [0.717, 1.165) is 12.3 Å². The van der Waals surface area contributed by atoms with Crippen LogP contribution in [0.4, 0.5) is 8.78 Å². The van der Waals surface area contributed by atoms with Gasteiger partial charge in [0.25, 0.3) is 0 Å². The second-order valence-electron chi connectivity index (χ2n) is 5.10. The summed E-state index contributed by atoms with van der Waals surface area (Å²) in [5.41, 5.74) is 2.02. The molecule has 0 atom stereocenters. The van der Waals surface area contributed by atoms with Crippen molar-refractivity contribution < 1.29 is 13.9 Å². The maximum absolute atomic E-state index is 13.7. The molecule has 0 spiro atoms. The summed E-state index contributed by atoms with van der Waals surface area (Å²) in [7, 11) is 0. The monoisotopic (exact) mass is 260 g/mol. The van der Waals surface area contributed by atoms with Crippen LogP contribution in [0, 0.1) is 17.6 Å². The average molecular weight is 260 g/mol. The lowest BCUT2D eigenvalue weighted by Gasteiger charge is -2.07. The maximum atomic E-state index is 13.7. The molecular weight excluding hydrogens is 246 g/mol. The number of hydrogen-bond donors (Lipinski definition) is 1. The molecule has 0 amide bonds. The Morgan fingerprint density at radius 3 is 2.26 bits per heavy atom. The zero-order valence-electron chi connectivity index (χ0n) is 10.4. The fraction of sp³-hybridized carbons (Fsp3) is 0.250. The highest BCUT2D eigenvalue weighted by Gasteiger charge is 2.21. The third kappa shape index (κ3) is 2.46. The van der Waals surface area contributed by atoms with Gasteiger partial charge in [0.15, 0.2) is 11.6 Å². The van der Waals surface area contributed by atoms with E-state index in [2.05, 4.69) is 0 Å². The second-order valence-corrected chi connectivity index (χ2v) is 5.10. The number of phenols is 1. The van der Waals surface area contributed by atoms with Crippen LogP contribution in [0.25, 0.3) is 11.1 Å². The first-order valence-corrected chi connectivity index (χ1v) is 6.41. The van der Waals surface area contributed by atoms with Crippen molar-refractivity contribution in [1.29, 1.82) is 0 Å². The van der Waals surface area contributed by atoms with Crippen LogP contribution in [-0.4, -0.2) is 5.11 Å². The predicted octanol–water partition coefficient (Wildman–Crippen LogP) is 4.29. The Morgan fingerprint density at radius 1 is 0.947 bits per heavy atom. The second kappa shape index (κ2) is 4.65. The third-order valence-electron chi connectivity index (χ3n) is 3.55. The van der Waals surface area contributed by atoms with Crippen LogP contribution in [0.1, 0.15) is 18.4 Å². The number of phenolic OH excluding ortho intramolecular Hbond substituents is 1. The van der Waals surface area contributed by atoms with E-state index < -0.39 is 17.4 Å². The maximum Gasteiger partial charge on any atom is 0.200 e. The molecule has 1 aliphatic rings. The number of benzene rings is 2. The topological polar surface area (TPSA) is 20.2 Å². The summed E-state index contributed by atoms with van der Waals surface area (Å²) in [6, 6.07) is 10.1. The molecule has 0 heterocycles. The first-order valence-electron chi connectivity index (χ1n) is 6.41. The van der Waals surface area contributed by atoms with Crippen molar-refractivity contribution in [2.75, 3.05) is 0 Å². The normalized spacial score (nSPS) is 14.6. The molecule has 2 aromatic carbocycles. The fourth-order valence-electron chi connectivity index (χ4n) is 2.24. The largest absolute Gasteiger partial charge is 0.505 e. The van der Waals surface area contributed by atoms with Crippen LogP contribution in [-0.2, 0) is 6.42 Å². The van der Waals surface area contributed by atoms with Crippen molar-refractivity contribution in [2.24, 2.45) is 5.92 Å². The molecule has 3 heteroatoms. The predicted molar refractivity (Wildman–Crippen MR) is 69.9 cm³/mol. The van der Waals surface area contributed by atoms with Crippen molar-refractivity contribution in [1.82, 2.24) is 0 Å². The molecule has 0 aliphatic heterocycles. The van der Waals surface area contributed by atoms with E-state index in [0.29, 0.717) is 5.56 Å². The molecule has 1 aliphatic carbocycles. The first-order chi connectivity index (χ1) is 9.15. The molecule has 2 aromatic rings. The van der Waals surface area contributed by atoms with E-state index in [4.69, 9.17) is 5.11 Å². The third-order valence-corrected chi connectivity index (χ3v) is 3.55. The Hall–Kier alpha value is -1.90. The van der Waals surface area contributed by atoms with E-state index in [1.54, 1.807) is 12.1 Å². The Bertz CT molecular complexity index is 601. The number of hydrogen-bond acceptors (Lipinski definition) is 1. The number of halogens is 2. The summed E-state index contributed by atoms with van der Waals surface area (Å²) >= 11 is 0. The van der Waals surface area contributed by atoms with Crippen molar-refractivity contribution >= 4 is 0 Å². The van der Waals surface area contributed by atoms with Crippen LogP contribution in [0.3, 0.4) is 0 Å². The molecule has 0 saturated heterocycles. The first kappa shape index (κ1) is 12.2. The van der Waals surface area contributed by atoms with Crippen molar-refractivity contribution in [3.63, 3.8) is 0 Å². The fourth-order valence-corrected chi connectivity index (χ4v) is 2.24. The summed E-state index contributed by atoms with van der Waals surface area (Å²) in [4.78, 5) is 0. The minimum Gasteiger partial charge on any atom is -0.505 e. The van der Waals surface area contributed by atoms with Gasteiger partial charge in [0.2, 0.25) is 5.82 Å². The molecule has 0 aromatic heterocycles. The van der Waals surface area contributed by atoms with Gasteiger partial charge in [-0.25, -0.2) is 4.39 Å². The summed E-state index contributed by atoms with van der Waals surface area (Å²) in [6.07, 6.45) is 3.64. The van der Waals surface area contributed by atoms with Crippen LogP contribution in [0.2, 0.25) is 0 Å². The standard InChI is InChI=1S/C16H14F2O/c17-15-13(7-8-14(19)16(15)18)12-5-3-11(4-6-12)9-10-1-2-10/h3-8,10,19H,1-2,9H2. The minimum atomic E-state index is -1.19. The highest BCUT2D eigenvalue weighted by Crippen LogP contribution is 2.33. The molecular formula is C16H14F2O. The van der Waals surface area contributed by atoms with E-state index in [1.807, 2.05) is 12.1 Å². The highest BCUT2D eigenvalue weighted by molar-refractivity contribution is 5.65. The smallest absolute Gasteiger partial charge is 0.200 e. The number of aromatic hydroxyl groups is 1. The summed E-state index contributed by atoms with van der Waals surface area (Å²) in [6.45, 7) is 0. The minimum absolute atomic E-state index is 0.174. The zero-order chi connectivity index (χ0) is 13.4. The van der Waals surface area contributed by atoms with Gasteiger partial charge in [-0.05, 0) is 48.4 Å². The van der Waals surface area contributed by atoms with Crippen LogP contribution < -0.4 is 0 Å². The molecule has 0 radical (unpaired) electrons. The van der Waals surface area contributed by atoms with Crippen LogP contribution >= 0.6 is 0 Å². The van der Waals surface area contributed by atoms with E-state index >= 15 is 0 Å². The highest BCUT2D eigenvalue weighted by atomic mass is 19.2. The SMILES string of the molecule is Oc1ccc(-c2ccc(CC3CC3)cc2)c(F)c1F. The lowest BCUT2D eigenvalue weighted by atomic mass is 10.0. The van der Waals surface area contributed by atoms with Gasteiger partial charge >= 0.3 is 0 Å². The lowest BCUT2D eigenvalue weighted by molar-refractivity contribution is 0.408. The van der Waals surface area contributed by atoms with Gasteiger partial charge < -0.3 is 5.11 Å². The molecule has 0 bridgehead atoms. The molecule has 98 valence electrons. The van der Waals surface area contributed by atoms with Gasteiger partial charge in [0.05, 0.1) is 0 Å². The van der Waals surface area contributed by atoms with E-state index in [9.17, 15) is 8.78 Å². The molecule has 1 N–H and O–H groups in total. The van der Waals surface area contributed by atoms with Gasteiger partial charge in [-0.1, -0.05) is 24.3 Å². The summed E-state index contributed by atoms with van der Waals surface area (Å²) < 4.78 is 27.0. The zero-order valence-corrected chi connectivity index (χ0v) is 10.4. The van der Waals surface area contributed by atoms with E-state index in [1.165, 1.54) is 30.5 Å². The Balaban J connectivity index is 1.91. The molecule has 1 fully saturated rings. The molecule has 3 rings (SSSR count). The Morgan fingerprint density at radius 2 is 1.63 bits per heavy atom. The molecule has 1 saturated carbocycles. The molecule has 0 unspecified atom stereocenters. The van der Waals surface area contributed by atoms with Crippen LogP contribution in [0.5, 0.6) is 5.75 Å². The van der Waals surface area contributed by atoms with Gasteiger partial charge in [-0.2, -0.15) is 4.39 Å². The van der Waals surface area contributed by atoms with Gasteiger partial charge in [0, 0.05) is 5.56 Å². The van der Waals surface area contributed by atoms with Gasteiger partial charge in [-0.15, -0.1) is 0 Å². The van der Waals surface area contributed by atoms with Gasteiger partial charge in [0.1, 0.15) is 0 Å². The quantitative estimate of drug-likeness (QED) is 0.872. The lowest BCUT2D eigenvalue weighted by Crippen LogP contribution is -1.91. The number of rotatable bonds is 3. The van der Waals surface area contributed by atoms with E-state index in [-0.39, 0.29) is 5.56 Å².